The zero-order valence-corrected chi connectivity index (χ0v) is 12.1. The first-order valence-corrected chi connectivity index (χ1v) is 7.57. The predicted molar refractivity (Wildman–Crippen MR) is 77.2 cm³/mol. The van der Waals surface area contributed by atoms with Crippen LogP contribution in [0.4, 0.5) is 5.00 Å². The summed E-state index contributed by atoms with van der Waals surface area (Å²) >= 11 is 1.27. The quantitative estimate of drug-likeness (QED) is 0.666. The average Bonchev–Trinajstić information content (AvgIpc) is 2.87. The van der Waals surface area contributed by atoms with Gasteiger partial charge in [0.1, 0.15) is 0 Å². The van der Waals surface area contributed by atoms with Crippen molar-refractivity contribution in [3.8, 4) is 0 Å². The third-order valence-electron chi connectivity index (χ3n) is 3.97. The van der Waals surface area contributed by atoms with Crippen molar-refractivity contribution in [2.75, 3.05) is 13.6 Å². The van der Waals surface area contributed by atoms with Crippen LogP contribution in [0.2, 0.25) is 0 Å². The molecule has 1 aromatic rings. The maximum Gasteiger partial charge on any atom is 0.324 e. The van der Waals surface area contributed by atoms with Crippen LogP contribution in [0.1, 0.15) is 30.6 Å². The fourth-order valence-electron chi connectivity index (χ4n) is 2.96. The van der Waals surface area contributed by atoms with Gasteiger partial charge in [0.05, 0.1) is 4.92 Å². The lowest BCUT2D eigenvalue weighted by atomic mass is 9.84. The highest BCUT2D eigenvalue weighted by Gasteiger charge is 2.27. The fourth-order valence-corrected chi connectivity index (χ4v) is 3.84. The Morgan fingerprint density at radius 1 is 1.47 bits per heavy atom. The van der Waals surface area contributed by atoms with Gasteiger partial charge in [0.25, 0.3) is 0 Å². The molecule has 2 unspecified atom stereocenters. The maximum atomic E-state index is 10.7. The summed E-state index contributed by atoms with van der Waals surface area (Å²) in [6, 6.07) is 3.97. The SMILES string of the molecule is CN(Cc1ccc([N+](=O)[O-])s1)C1CCCCC1CN. The Morgan fingerprint density at radius 3 is 2.84 bits per heavy atom. The lowest BCUT2D eigenvalue weighted by Gasteiger charge is -2.37. The number of nitrogens with zero attached hydrogens (tertiary/aromatic N) is 2. The number of hydrogen-bond acceptors (Lipinski definition) is 5. The molecule has 6 heteroatoms. The van der Waals surface area contributed by atoms with Crippen molar-refractivity contribution < 1.29 is 4.92 Å². The second-order valence-corrected chi connectivity index (χ2v) is 6.41. The summed E-state index contributed by atoms with van der Waals surface area (Å²) in [5, 5.41) is 10.9. The van der Waals surface area contributed by atoms with E-state index in [4.69, 9.17) is 5.73 Å². The van der Waals surface area contributed by atoms with Gasteiger partial charge in [-0.15, -0.1) is 0 Å². The molecule has 0 amide bonds. The standard InChI is InChI=1S/C13H21N3O2S/c1-15(12-5-3-2-4-10(12)8-14)9-11-6-7-13(19-11)16(17)18/h6-7,10,12H,2-5,8-9,14H2,1H3. The second kappa shape index (κ2) is 6.45. The number of hydrogen-bond donors (Lipinski definition) is 1. The van der Waals surface area contributed by atoms with E-state index in [1.165, 1.54) is 37.0 Å². The molecule has 0 radical (unpaired) electrons. The van der Waals surface area contributed by atoms with Crippen molar-refractivity contribution in [3.63, 3.8) is 0 Å². The van der Waals surface area contributed by atoms with Crippen molar-refractivity contribution in [1.82, 2.24) is 4.90 Å². The summed E-state index contributed by atoms with van der Waals surface area (Å²) in [6.07, 6.45) is 4.93. The molecule has 0 saturated heterocycles. The van der Waals surface area contributed by atoms with Gasteiger partial charge in [0, 0.05) is 23.5 Å². The largest absolute Gasteiger partial charge is 0.330 e. The molecule has 1 heterocycles. The predicted octanol–water partition coefficient (Wildman–Crippen LogP) is 2.61. The molecule has 0 aromatic carbocycles. The fraction of sp³-hybridized carbons (Fsp3) is 0.692. The third kappa shape index (κ3) is 3.52. The van der Waals surface area contributed by atoms with Crippen LogP contribution in [0.5, 0.6) is 0 Å². The molecule has 1 saturated carbocycles. The minimum atomic E-state index is -0.322. The minimum Gasteiger partial charge on any atom is -0.330 e. The maximum absolute atomic E-state index is 10.7. The summed E-state index contributed by atoms with van der Waals surface area (Å²) < 4.78 is 0. The van der Waals surface area contributed by atoms with Gasteiger partial charge in [-0.25, -0.2) is 0 Å². The van der Waals surface area contributed by atoms with E-state index in [2.05, 4.69) is 11.9 Å². The molecular weight excluding hydrogens is 262 g/mol. The van der Waals surface area contributed by atoms with Gasteiger partial charge < -0.3 is 5.73 Å². The minimum absolute atomic E-state index is 0.224. The Labute approximate surface area is 117 Å². The molecule has 0 spiro atoms. The number of nitrogens with two attached hydrogens (primary N) is 1. The van der Waals surface area contributed by atoms with Crippen molar-refractivity contribution in [2.45, 2.75) is 38.3 Å². The molecule has 0 bridgehead atoms. The zero-order chi connectivity index (χ0) is 13.8. The highest BCUT2D eigenvalue weighted by molar-refractivity contribution is 7.15. The van der Waals surface area contributed by atoms with Crippen LogP contribution in [0.15, 0.2) is 12.1 Å². The molecule has 1 aromatic heterocycles. The lowest BCUT2D eigenvalue weighted by molar-refractivity contribution is -0.380. The normalized spacial score (nSPS) is 23.7. The highest BCUT2D eigenvalue weighted by atomic mass is 32.1. The van der Waals surface area contributed by atoms with E-state index in [0.29, 0.717) is 12.0 Å². The highest BCUT2D eigenvalue weighted by Crippen LogP contribution is 2.30. The molecule has 19 heavy (non-hydrogen) atoms. The molecule has 5 nitrogen and oxygen atoms in total. The summed E-state index contributed by atoms with van der Waals surface area (Å²) in [7, 11) is 2.10. The molecule has 1 aliphatic carbocycles. The van der Waals surface area contributed by atoms with Crippen LogP contribution in [-0.2, 0) is 6.54 Å². The average molecular weight is 283 g/mol. The molecule has 2 rings (SSSR count). The van der Waals surface area contributed by atoms with E-state index >= 15 is 0 Å². The van der Waals surface area contributed by atoms with Crippen LogP contribution in [0, 0.1) is 16.0 Å². The van der Waals surface area contributed by atoms with E-state index in [0.717, 1.165) is 18.0 Å². The Hall–Kier alpha value is -0.980. The number of rotatable bonds is 5. The summed E-state index contributed by atoms with van der Waals surface area (Å²) in [4.78, 5) is 13.7. The first kappa shape index (κ1) is 14.4. The van der Waals surface area contributed by atoms with Gasteiger partial charge in [-0.3, -0.25) is 15.0 Å². The van der Waals surface area contributed by atoms with Crippen molar-refractivity contribution in [3.05, 3.63) is 27.1 Å². The summed E-state index contributed by atoms with van der Waals surface area (Å²) in [5.74, 6) is 0.564. The molecule has 2 N–H and O–H groups in total. The van der Waals surface area contributed by atoms with E-state index in [1.807, 2.05) is 6.07 Å². The monoisotopic (exact) mass is 283 g/mol. The van der Waals surface area contributed by atoms with Crippen LogP contribution in [0.3, 0.4) is 0 Å². The Morgan fingerprint density at radius 2 is 2.21 bits per heavy atom. The van der Waals surface area contributed by atoms with E-state index < -0.39 is 0 Å². The van der Waals surface area contributed by atoms with Crippen LogP contribution < -0.4 is 5.73 Å². The van der Waals surface area contributed by atoms with Crippen LogP contribution in [-0.4, -0.2) is 29.5 Å². The topological polar surface area (TPSA) is 72.4 Å². The number of nitro groups is 1. The molecule has 106 valence electrons. The zero-order valence-electron chi connectivity index (χ0n) is 11.2. The van der Waals surface area contributed by atoms with Crippen molar-refractivity contribution >= 4 is 16.3 Å². The first-order chi connectivity index (χ1) is 9.11. The van der Waals surface area contributed by atoms with Gasteiger partial charge in [-0.05, 0) is 38.4 Å². The van der Waals surface area contributed by atoms with Gasteiger partial charge >= 0.3 is 5.00 Å². The smallest absolute Gasteiger partial charge is 0.324 e. The van der Waals surface area contributed by atoms with Crippen molar-refractivity contribution in [1.29, 1.82) is 0 Å². The molecule has 2 atom stereocenters. The van der Waals surface area contributed by atoms with Crippen molar-refractivity contribution in [2.24, 2.45) is 11.7 Å². The Kier molecular flexibility index (Phi) is 4.90. The van der Waals surface area contributed by atoms with E-state index in [-0.39, 0.29) is 9.92 Å². The van der Waals surface area contributed by atoms with Gasteiger partial charge in [0.2, 0.25) is 0 Å². The third-order valence-corrected chi connectivity index (χ3v) is 4.99. The second-order valence-electron chi connectivity index (χ2n) is 5.26. The molecule has 1 fully saturated rings. The summed E-state index contributed by atoms with van der Waals surface area (Å²) in [5.41, 5.74) is 5.86. The number of thiophene rings is 1. The van der Waals surface area contributed by atoms with Crippen LogP contribution >= 0.6 is 11.3 Å². The Balaban J connectivity index is 1.98. The Bertz CT molecular complexity index is 435. The van der Waals surface area contributed by atoms with Gasteiger partial charge in [-0.1, -0.05) is 24.2 Å². The van der Waals surface area contributed by atoms with Crippen LogP contribution in [0.25, 0.3) is 0 Å². The summed E-state index contributed by atoms with van der Waals surface area (Å²) in [6.45, 7) is 1.51. The molecular formula is C13H21N3O2S. The first-order valence-electron chi connectivity index (χ1n) is 6.75. The molecule has 1 aliphatic rings. The molecule has 0 aliphatic heterocycles. The van der Waals surface area contributed by atoms with Gasteiger partial charge in [-0.2, -0.15) is 0 Å². The van der Waals surface area contributed by atoms with Gasteiger partial charge in [0.15, 0.2) is 0 Å². The van der Waals surface area contributed by atoms with E-state index in [9.17, 15) is 10.1 Å². The van der Waals surface area contributed by atoms with E-state index in [1.54, 1.807) is 6.07 Å². The lowest BCUT2D eigenvalue weighted by Crippen LogP contribution is -2.42.